The second-order valence-corrected chi connectivity index (χ2v) is 48.0. The summed E-state index contributed by atoms with van der Waals surface area (Å²) in [7, 11) is 0. The average Bonchev–Trinajstić information content (AvgIpc) is 3.05. The minimum atomic E-state index is -3.45. The maximum atomic E-state index is 14.1. The summed E-state index contributed by atoms with van der Waals surface area (Å²) in [5.41, 5.74) is 1.11. The summed E-state index contributed by atoms with van der Waals surface area (Å²) >= 11 is -3.45. The Hall–Kier alpha value is -0.119. The third-order valence-corrected chi connectivity index (χ3v) is 40.3. The summed E-state index contributed by atoms with van der Waals surface area (Å²) < 4.78 is 3.84. The van der Waals surface area contributed by atoms with E-state index in [0.29, 0.717) is 5.91 Å². The van der Waals surface area contributed by atoms with Crippen LogP contribution >= 0.6 is 0 Å². The van der Waals surface area contributed by atoms with Crippen LogP contribution < -0.4 is 3.80 Å². The van der Waals surface area contributed by atoms with Gasteiger partial charge in [0.1, 0.15) is 0 Å². The molecule has 0 radical (unpaired) electrons. The molecule has 0 aromatic heterocycles. The van der Waals surface area contributed by atoms with Crippen LogP contribution in [-0.4, -0.2) is 12.6 Å². The molecule has 1 fully saturated rings. The van der Waals surface area contributed by atoms with E-state index >= 15 is 0 Å². The van der Waals surface area contributed by atoms with Gasteiger partial charge in [-0.1, -0.05) is 0 Å². The summed E-state index contributed by atoms with van der Waals surface area (Å²) in [6.07, 6.45) is 20.1. The molecule has 0 unspecified atom stereocenters. The monoisotopic (exact) mass is 427 g/mol. The predicted octanol–water partition coefficient (Wildman–Crippen LogP) is 7.21. The first kappa shape index (κ1) is 23.2. The molecule has 156 valence electrons. The Morgan fingerprint density at radius 1 is 0.926 bits per heavy atom. The molecule has 27 heavy (non-hydrogen) atoms. The normalized spacial score (nSPS) is 24.5. The minimum absolute atomic E-state index is 0.272. The van der Waals surface area contributed by atoms with Gasteiger partial charge in [0.25, 0.3) is 0 Å². The average molecular weight is 428 g/mol. The SMILES string of the molecule is C[SiH](C)[Ti]([CH3])([CH3])([CH3])([CH3])[NH]C(=O)C1(C2=CC=CC2)CCCCCCCCCC1. The Kier molecular flexibility index (Phi) is 6.82. The van der Waals surface area contributed by atoms with Gasteiger partial charge >= 0.3 is 169 Å². The molecule has 0 aromatic carbocycles. The van der Waals surface area contributed by atoms with Gasteiger partial charge < -0.3 is 0 Å². The Balaban J connectivity index is 2.38. The van der Waals surface area contributed by atoms with E-state index in [0.717, 1.165) is 19.3 Å². The Labute approximate surface area is 168 Å². The zero-order valence-electron chi connectivity index (χ0n) is 19.0. The Morgan fingerprint density at radius 3 is 1.81 bits per heavy atom. The van der Waals surface area contributed by atoms with Crippen molar-refractivity contribution in [2.45, 2.75) is 105 Å². The maximum absolute atomic E-state index is 14.1. The predicted molar refractivity (Wildman–Crippen MR) is 121 cm³/mol. The van der Waals surface area contributed by atoms with Crippen molar-refractivity contribution in [1.29, 1.82) is 0 Å². The topological polar surface area (TPSA) is 29.1 Å². The number of nitrogens with one attached hydrogen (secondary N) is 1. The number of carbonyl (C=O) groups excluding carboxylic acids is 1. The molecule has 2 nitrogen and oxygen atoms in total. The fourth-order valence-corrected chi connectivity index (χ4v) is 8.50. The first-order valence-electron chi connectivity index (χ1n) is 11.6. The zero-order valence-corrected chi connectivity index (χ0v) is 21.7. The third-order valence-electron chi connectivity index (χ3n) is 8.06. The van der Waals surface area contributed by atoms with Crippen molar-refractivity contribution >= 4 is 12.6 Å². The first-order valence-corrected chi connectivity index (χ1v) is 24.2. The van der Waals surface area contributed by atoms with E-state index in [2.05, 4.69) is 56.0 Å². The molecule has 0 saturated heterocycles. The summed E-state index contributed by atoms with van der Waals surface area (Å²) in [5.74, 6) is 0.373. The number of hydrogen-bond donors (Lipinski definition) is 1. The zero-order chi connectivity index (χ0) is 20.2. The van der Waals surface area contributed by atoms with Gasteiger partial charge in [0.2, 0.25) is 0 Å². The van der Waals surface area contributed by atoms with Crippen LogP contribution in [0.1, 0.15) is 70.6 Å². The van der Waals surface area contributed by atoms with Crippen molar-refractivity contribution in [2.75, 3.05) is 0 Å². The molecule has 0 aliphatic heterocycles. The fourth-order valence-electron chi connectivity index (χ4n) is 4.32. The van der Waals surface area contributed by atoms with E-state index in [4.69, 9.17) is 0 Å². The van der Waals surface area contributed by atoms with E-state index in [1.165, 1.54) is 56.9 Å². The van der Waals surface area contributed by atoms with Crippen LogP contribution in [0.3, 0.4) is 0 Å². The van der Waals surface area contributed by atoms with Crippen LogP contribution in [0.2, 0.25) is 34.0 Å². The molecule has 0 bridgehead atoms. The van der Waals surface area contributed by atoms with Gasteiger partial charge in [0.05, 0.1) is 0 Å². The van der Waals surface area contributed by atoms with Gasteiger partial charge in [-0.05, 0) is 0 Å². The summed E-state index contributed by atoms with van der Waals surface area (Å²) in [6.45, 7) is 3.86. The summed E-state index contributed by atoms with van der Waals surface area (Å²) in [6, 6.07) is 0. The molecular formula is C23H45NOSiTi. The quantitative estimate of drug-likeness (QED) is 0.472. The third kappa shape index (κ3) is 5.70. The van der Waals surface area contributed by atoms with E-state index in [-0.39, 0.29) is 5.41 Å². The van der Waals surface area contributed by atoms with E-state index < -0.39 is 20.2 Å². The van der Waals surface area contributed by atoms with Gasteiger partial charge in [-0.15, -0.1) is 0 Å². The summed E-state index contributed by atoms with van der Waals surface area (Å²) in [5, 5.41) is 9.81. The molecule has 2 aliphatic carbocycles. The second kappa shape index (κ2) is 7.95. The fraction of sp³-hybridized carbons (Fsp3) is 0.783. The molecule has 1 saturated carbocycles. The second-order valence-electron chi connectivity index (χ2n) is 12.6. The number of amides is 1. The Bertz CT molecular complexity index is 599. The van der Waals surface area contributed by atoms with Crippen LogP contribution in [0.5, 0.6) is 0 Å². The standard InChI is InChI=1S/C17H27NO.C2H7Si.4CH3.Ti/c18-16(19)17(15-11-7-8-12-15)13-9-5-3-1-2-4-6-10-14-17;1-3-2;;;;;/h7-8,11H,1-6,9-10,12-14H2,(H2,18,19);3H,1-2H3;4*1H3;/q;;;;;;+1/p-1. The van der Waals surface area contributed by atoms with Crippen LogP contribution in [0.4, 0.5) is 0 Å². The van der Waals surface area contributed by atoms with Gasteiger partial charge in [-0.25, -0.2) is 0 Å². The van der Waals surface area contributed by atoms with E-state index in [9.17, 15) is 4.79 Å². The molecule has 4 heteroatoms. The number of rotatable bonds is 4. The van der Waals surface area contributed by atoms with E-state index in [1.54, 1.807) is 0 Å². The van der Waals surface area contributed by atoms with Crippen molar-refractivity contribution in [3.63, 3.8) is 0 Å². The Morgan fingerprint density at radius 2 is 1.41 bits per heavy atom. The number of allylic oxidation sites excluding steroid dienone is 3. The van der Waals surface area contributed by atoms with Crippen molar-refractivity contribution in [3.8, 4) is 0 Å². The molecule has 2 aliphatic rings. The molecule has 1 amide bonds. The number of carbonyl (C=O) groups is 1. The van der Waals surface area contributed by atoms with Gasteiger partial charge in [-0.2, -0.15) is 0 Å². The molecule has 0 aromatic rings. The van der Waals surface area contributed by atoms with Crippen LogP contribution in [-0.2, 0) is 18.3 Å². The van der Waals surface area contributed by atoms with Gasteiger partial charge in [0, 0.05) is 0 Å². The molecule has 1 N–H and O–H groups in total. The van der Waals surface area contributed by atoms with Crippen molar-refractivity contribution in [2.24, 2.45) is 5.41 Å². The van der Waals surface area contributed by atoms with Gasteiger partial charge in [0.15, 0.2) is 0 Å². The molecule has 0 spiro atoms. The van der Waals surface area contributed by atoms with Crippen molar-refractivity contribution in [3.05, 3.63) is 23.8 Å². The molecular weight excluding hydrogens is 382 g/mol. The van der Waals surface area contributed by atoms with Crippen LogP contribution in [0, 0.1) is 5.41 Å². The molecule has 0 atom stereocenters. The molecule has 2 rings (SSSR count). The van der Waals surface area contributed by atoms with Crippen molar-refractivity contribution < 1.29 is 18.3 Å². The summed E-state index contributed by atoms with van der Waals surface area (Å²) in [4.78, 5) is 14.1. The van der Waals surface area contributed by atoms with Crippen LogP contribution in [0.25, 0.3) is 0 Å². The van der Waals surface area contributed by atoms with Gasteiger partial charge in [-0.3, -0.25) is 0 Å². The van der Waals surface area contributed by atoms with Crippen LogP contribution in [0.15, 0.2) is 23.8 Å². The number of hydrogen-bond acceptors (Lipinski definition) is 1. The molecule has 0 heterocycles. The van der Waals surface area contributed by atoms with Crippen molar-refractivity contribution in [1.82, 2.24) is 3.80 Å². The van der Waals surface area contributed by atoms with E-state index in [1.807, 2.05) is 0 Å². The first-order chi connectivity index (χ1) is 12.4.